The van der Waals surface area contributed by atoms with Gasteiger partial charge in [0.05, 0.1) is 10.0 Å². The molecule has 170 valence electrons. The molecule has 0 bridgehead atoms. The number of hydrogen-bond acceptors (Lipinski definition) is 3. The lowest BCUT2D eigenvalue weighted by Crippen LogP contribution is -2.49. The molecule has 2 aliphatic rings. The lowest BCUT2D eigenvalue weighted by Gasteiger charge is -2.37. The minimum atomic E-state index is -1.59. The molecule has 1 unspecified atom stereocenters. The minimum Gasteiger partial charge on any atom is -0.480 e. The standard InChI is InChI=1S/C23H22Cl2F2N2O3/c1-22(2,3)9-16-23(11-7-14(26)13(25)8-15(11)28-21(23)32)17(19(29-16)20(30)31)10-5-4-6-12(24)18(10)27/h4-8,16-17,19,29H,9H2,1-3H3,(H,28,32)(H,30,31)/t16-,17+,19+,23?/m0/s1. The molecule has 0 radical (unpaired) electrons. The summed E-state index contributed by atoms with van der Waals surface area (Å²) in [6.07, 6.45) is 0.368. The van der Waals surface area contributed by atoms with Gasteiger partial charge in [-0.1, -0.05) is 56.1 Å². The van der Waals surface area contributed by atoms with Gasteiger partial charge in [-0.25, -0.2) is 8.78 Å². The maximum Gasteiger partial charge on any atom is 0.321 e. The average Bonchev–Trinajstić information content (AvgIpc) is 3.14. The van der Waals surface area contributed by atoms with Gasteiger partial charge in [0.2, 0.25) is 5.91 Å². The molecule has 2 aromatic carbocycles. The van der Waals surface area contributed by atoms with Crippen molar-refractivity contribution in [3.8, 4) is 0 Å². The van der Waals surface area contributed by atoms with E-state index in [0.717, 1.165) is 6.07 Å². The van der Waals surface area contributed by atoms with Gasteiger partial charge in [-0.2, -0.15) is 0 Å². The zero-order chi connectivity index (χ0) is 23.6. The number of aliphatic carboxylic acids is 1. The van der Waals surface area contributed by atoms with E-state index in [0.29, 0.717) is 6.42 Å². The Kier molecular flexibility index (Phi) is 5.51. The Balaban J connectivity index is 2.06. The average molecular weight is 483 g/mol. The molecule has 1 fully saturated rings. The summed E-state index contributed by atoms with van der Waals surface area (Å²) < 4.78 is 29.9. The van der Waals surface area contributed by atoms with Crippen molar-refractivity contribution in [1.82, 2.24) is 5.32 Å². The number of hydrogen-bond donors (Lipinski definition) is 3. The van der Waals surface area contributed by atoms with Crippen molar-refractivity contribution in [3.05, 3.63) is 63.1 Å². The summed E-state index contributed by atoms with van der Waals surface area (Å²) in [7, 11) is 0. The van der Waals surface area contributed by atoms with Crippen LogP contribution in [0.2, 0.25) is 10.0 Å². The van der Waals surface area contributed by atoms with Crippen LogP contribution in [-0.2, 0) is 15.0 Å². The molecule has 0 aliphatic carbocycles. The van der Waals surface area contributed by atoms with Gasteiger partial charge in [0.1, 0.15) is 23.1 Å². The summed E-state index contributed by atoms with van der Waals surface area (Å²) in [4.78, 5) is 26.0. The number of halogens is 4. The molecule has 2 aliphatic heterocycles. The third kappa shape index (κ3) is 3.38. The van der Waals surface area contributed by atoms with Crippen molar-refractivity contribution in [2.45, 2.75) is 50.6 Å². The van der Waals surface area contributed by atoms with Crippen LogP contribution < -0.4 is 10.6 Å². The van der Waals surface area contributed by atoms with Crippen LogP contribution in [0.1, 0.15) is 44.2 Å². The highest BCUT2D eigenvalue weighted by molar-refractivity contribution is 6.31. The van der Waals surface area contributed by atoms with Crippen LogP contribution in [-0.4, -0.2) is 29.1 Å². The van der Waals surface area contributed by atoms with Gasteiger partial charge in [0.15, 0.2) is 0 Å². The lowest BCUT2D eigenvalue weighted by molar-refractivity contribution is -0.139. The number of carbonyl (C=O) groups excluding carboxylic acids is 1. The second-order valence-corrected chi connectivity index (χ2v) is 10.4. The fourth-order valence-corrected chi connectivity index (χ4v) is 5.50. The summed E-state index contributed by atoms with van der Waals surface area (Å²) in [6.45, 7) is 5.84. The monoisotopic (exact) mass is 482 g/mol. The second kappa shape index (κ2) is 7.68. The summed E-state index contributed by atoms with van der Waals surface area (Å²) in [5.74, 6) is -4.53. The number of amides is 1. The van der Waals surface area contributed by atoms with Gasteiger partial charge in [0, 0.05) is 17.6 Å². The van der Waals surface area contributed by atoms with E-state index in [1.54, 1.807) is 0 Å². The fraction of sp³-hybridized carbons (Fsp3) is 0.391. The summed E-state index contributed by atoms with van der Waals surface area (Å²) in [6, 6.07) is 4.67. The Hall–Kier alpha value is -2.22. The summed E-state index contributed by atoms with van der Waals surface area (Å²) >= 11 is 12.0. The van der Waals surface area contributed by atoms with Gasteiger partial charge in [-0.3, -0.25) is 14.9 Å². The van der Waals surface area contributed by atoms with E-state index in [2.05, 4.69) is 10.6 Å². The van der Waals surface area contributed by atoms with Gasteiger partial charge in [0.25, 0.3) is 0 Å². The highest BCUT2D eigenvalue weighted by Crippen LogP contribution is 2.57. The number of carboxylic acids is 1. The molecule has 0 aromatic heterocycles. The highest BCUT2D eigenvalue weighted by Gasteiger charge is 2.66. The maximum absolute atomic E-state index is 15.3. The second-order valence-electron chi connectivity index (χ2n) is 9.56. The van der Waals surface area contributed by atoms with Gasteiger partial charge in [-0.05, 0) is 41.2 Å². The van der Waals surface area contributed by atoms with Crippen LogP contribution in [0.15, 0.2) is 30.3 Å². The van der Waals surface area contributed by atoms with Crippen molar-refractivity contribution in [3.63, 3.8) is 0 Å². The quantitative estimate of drug-likeness (QED) is 0.568. The Morgan fingerprint density at radius 2 is 1.88 bits per heavy atom. The van der Waals surface area contributed by atoms with E-state index < -0.39 is 46.9 Å². The molecule has 2 aromatic rings. The predicted molar refractivity (Wildman–Crippen MR) is 118 cm³/mol. The van der Waals surface area contributed by atoms with E-state index in [1.165, 1.54) is 24.3 Å². The molecular weight excluding hydrogens is 461 g/mol. The number of carboxylic acid groups (broad SMARTS) is 1. The van der Waals surface area contributed by atoms with Crippen molar-refractivity contribution in [2.75, 3.05) is 5.32 Å². The lowest BCUT2D eigenvalue weighted by atomic mass is 9.62. The van der Waals surface area contributed by atoms with E-state index in [-0.39, 0.29) is 32.3 Å². The Labute approximate surface area is 194 Å². The van der Waals surface area contributed by atoms with Crippen molar-refractivity contribution in [2.24, 2.45) is 5.41 Å². The first-order valence-corrected chi connectivity index (χ1v) is 10.9. The number of fused-ring (bicyclic) bond motifs is 2. The maximum atomic E-state index is 15.3. The largest absolute Gasteiger partial charge is 0.480 e. The fourth-order valence-electron chi connectivity index (χ4n) is 5.15. The van der Waals surface area contributed by atoms with Crippen molar-refractivity contribution >= 4 is 40.8 Å². The number of carbonyl (C=O) groups is 2. The Morgan fingerprint density at radius 3 is 2.50 bits per heavy atom. The normalized spacial score (nSPS) is 27.0. The van der Waals surface area contributed by atoms with Crippen LogP contribution in [0, 0.1) is 17.0 Å². The van der Waals surface area contributed by atoms with E-state index in [9.17, 15) is 19.1 Å². The van der Waals surface area contributed by atoms with Crippen LogP contribution in [0.5, 0.6) is 0 Å². The number of anilines is 1. The minimum absolute atomic E-state index is 0.0211. The molecule has 5 nitrogen and oxygen atoms in total. The number of benzene rings is 2. The predicted octanol–water partition coefficient (Wildman–Crippen LogP) is 5.11. The number of nitrogens with one attached hydrogen (secondary N) is 2. The van der Waals surface area contributed by atoms with E-state index >= 15 is 4.39 Å². The highest BCUT2D eigenvalue weighted by atomic mass is 35.5. The number of rotatable bonds is 3. The summed E-state index contributed by atoms with van der Waals surface area (Å²) in [5.41, 5.74) is -1.42. The zero-order valence-electron chi connectivity index (χ0n) is 17.6. The van der Waals surface area contributed by atoms with Crippen LogP contribution >= 0.6 is 23.2 Å². The molecule has 32 heavy (non-hydrogen) atoms. The third-order valence-corrected chi connectivity index (χ3v) is 6.86. The van der Waals surface area contributed by atoms with Gasteiger partial charge >= 0.3 is 5.97 Å². The molecule has 0 saturated carbocycles. The van der Waals surface area contributed by atoms with Gasteiger partial charge < -0.3 is 10.4 Å². The van der Waals surface area contributed by atoms with E-state index in [4.69, 9.17) is 23.2 Å². The first-order chi connectivity index (χ1) is 14.9. The Morgan fingerprint density at radius 1 is 1.19 bits per heavy atom. The SMILES string of the molecule is CC(C)(C)C[C@@H]1N[C@@H](C(=O)O)[C@@H](c2cccc(Cl)c2F)C12C(=O)Nc1cc(Cl)c(F)cc12. The molecule has 4 rings (SSSR count). The van der Waals surface area contributed by atoms with Crippen LogP contribution in [0.4, 0.5) is 14.5 Å². The smallest absolute Gasteiger partial charge is 0.321 e. The van der Waals surface area contributed by atoms with Crippen LogP contribution in [0.25, 0.3) is 0 Å². The molecule has 1 spiro atoms. The van der Waals surface area contributed by atoms with Crippen molar-refractivity contribution < 1.29 is 23.5 Å². The topological polar surface area (TPSA) is 78.4 Å². The first-order valence-electron chi connectivity index (χ1n) is 10.1. The molecular formula is C23H22Cl2F2N2O3. The van der Waals surface area contributed by atoms with E-state index in [1.807, 2.05) is 20.8 Å². The van der Waals surface area contributed by atoms with Gasteiger partial charge in [-0.15, -0.1) is 0 Å². The van der Waals surface area contributed by atoms with Crippen LogP contribution in [0.3, 0.4) is 0 Å². The Bertz CT molecular complexity index is 1130. The first kappa shape index (κ1) is 23.0. The zero-order valence-corrected chi connectivity index (χ0v) is 19.1. The third-order valence-electron chi connectivity index (χ3n) is 6.28. The molecule has 1 amide bonds. The molecule has 1 saturated heterocycles. The van der Waals surface area contributed by atoms with Crippen molar-refractivity contribution in [1.29, 1.82) is 0 Å². The molecule has 9 heteroatoms. The molecule has 4 atom stereocenters. The molecule has 2 heterocycles. The molecule has 3 N–H and O–H groups in total. The summed E-state index contributed by atoms with van der Waals surface area (Å²) in [5, 5.41) is 15.5.